The quantitative estimate of drug-likeness (QED) is 0.503. The van der Waals surface area contributed by atoms with E-state index < -0.39 is 0 Å². The van der Waals surface area contributed by atoms with Crippen molar-refractivity contribution in [3.8, 4) is 22.8 Å². The van der Waals surface area contributed by atoms with Gasteiger partial charge >= 0.3 is 0 Å². The first-order valence-corrected chi connectivity index (χ1v) is 9.78. The third-order valence-corrected chi connectivity index (χ3v) is 4.85. The summed E-state index contributed by atoms with van der Waals surface area (Å²) in [6, 6.07) is 14.8. The number of amides is 1. The van der Waals surface area contributed by atoms with E-state index in [0.29, 0.717) is 18.0 Å². The fourth-order valence-electron chi connectivity index (χ4n) is 2.81. The number of imidazole rings is 1. The zero-order valence-electron chi connectivity index (χ0n) is 15.3. The van der Waals surface area contributed by atoms with Crippen molar-refractivity contribution in [1.82, 2.24) is 9.38 Å². The molecule has 2 aromatic heterocycles. The van der Waals surface area contributed by atoms with Gasteiger partial charge in [0.25, 0.3) is 5.91 Å². The summed E-state index contributed by atoms with van der Waals surface area (Å²) in [6.45, 7) is 2.46. The number of benzene rings is 2. The molecule has 0 fully saturated rings. The van der Waals surface area contributed by atoms with Gasteiger partial charge in [0.15, 0.2) is 11.6 Å². The van der Waals surface area contributed by atoms with Crippen LogP contribution < -0.4 is 14.8 Å². The van der Waals surface area contributed by atoms with Crippen molar-refractivity contribution in [1.29, 1.82) is 0 Å². The number of ether oxygens (including phenoxy) is 2. The lowest BCUT2D eigenvalue weighted by Crippen LogP contribution is -2.20. The first kappa shape index (κ1) is 18.1. The molecule has 2 heterocycles. The maximum atomic E-state index is 12.4. The topological polar surface area (TPSA) is 64.9 Å². The number of para-hydroxylation sites is 1. The molecule has 4 aromatic rings. The highest BCUT2D eigenvalue weighted by Crippen LogP contribution is 2.28. The van der Waals surface area contributed by atoms with E-state index in [0.717, 1.165) is 22.0 Å². The van der Waals surface area contributed by atoms with E-state index >= 15 is 0 Å². The number of aromatic nitrogens is 2. The molecule has 0 unspecified atom stereocenters. The number of carbonyl (C=O) groups excluding carboxylic acids is 1. The summed E-state index contributed by atoms with van der Waals surface area (Å²) in [5, 5.41) is 4.90. The van der Waals surface area contributed by atoms with Gasteiger partial charge in [-0.2, -0.15) is 0 Å². The van der Waals surface area contributed by atoms with Crippen LogP contribution in [0.5, 0.6) is 11.5 Å². The van der Waals surface area contributed by atoms with Gasteiger partial charge in [0.1, 0.15) is 11.5 Å². The largest absolute Gasteiger partial charge is 0.494 e. The van der Waals surface area contributed by atoms with Crippen molar-refractivity contribution in [2.45, 2.75) is 6.92 Å². The molecule has 0 aliphatic rings. The lowest BCUT2D eigenvalue weighted by atomic mass is 10.1. The molecule has 0 aliphatic heterocycles. The number of rotatable bonds is 7. The Balaban J connectivity index is 1.42. The maximum absolute atomic E-state index is 12.4. The second kappa shape index (κ2) is 8.14. The molecule has 7 heteroatoms. The lowest BCUT2D eigenvalue weighted by molar-refractivity contribution is -0.118. The van der Waals surface area contributed by atoms with Gasteiger partial charge in [-0.3, -0.25) is 9.20 Å². The molecule has 0 saturated heterocycles. The molecule has 2 aromatic carbocycles. The Morgan fingerprint density at radius 1 is 1.11 bits per heavy atom. The summed E-state index contributed by atoms with van der Waals surface area (Å²) in [6.07, 6.45) is 3.91. The van der Waals surface area contributed by atoms with Gasteiger partial charge in [0, 0.05) is 23.3 Å². The van der Waals surface area contributed by atoms with E-state index in [1.54, 1.807) is 23.5 Å². The number of anilines is 1. The second-order valence-corrected chi connectivity index (χ2v) is 6.88. The highest BCUT2D eigenvalue weighted by Gasteiger charge is 2.12. The van der Waals surface area contributed by atoms with Crippen LogP contribution in [0, 0.1) is 0 Å². The van der Waals surface area contributed by atoms with Gasteiger partial charge in [-0.15, -0.1) is 11.3 Å². The van der Waals surface area contributed by atoms with Crippen LogP contribution in [0.2, 0.25) is 0 Å². The van der Waals surface area contributed by atoms with E-state index in [1.165, 1.54) is 0 Å². The van der Waals surface area contributed by atoms with Crippen LogP contribution in [0.4, 0.5) is 5.69 Å². The van der Waals surface area contributed by atoms with E-state index in [-0.39, 0.29) is 12.5 Å². The molecule has 0 spiro atoms. The number of fused-ring (bicyclic) bond motifs is 1. The molecular weight excluding hydrogens is 374 g/mol. The summed E-state index contributed by atoms with van der Waals surface area (Å²) in [5.41, 5.74) is 2.39. The number of hydrogen-bond acceptors (Lipinski definition) is 5. The molecule has 28 heavy (non-hydrogen) atoms. The van der Waals surface area contributed by atoms with Crippen molar-refractivity contribution in [3.05, 3.63) is 66.3 Å². The molecule has 1 N–H and O–H groups in total. The van der Waals surface area contributed by atoms with Crippen molar-refractivity contribution in [3.63, 3.8) is 0 Å². The van der Waals surface area contributed by atoms with Crippen LogP contribution in [0.25, 0.3) is 16.2 Å². The van der Waals surface area contributed by atoms with Crippen molar-refractivity contribution < 1.29 is 14.3 Å². The van der Waals surface area contributed by atoms with Gasteiger partial charge in [0.05, 0.1) is 18.0 Å². The molecule has 0 bridgehead atoms. The standard InChI is InChI=1S/C21H19N3O3S/c1-2-26-15-7-9-16(10-8-15)27-14-20(25)22-18-6-4-3-5-17(18)19-13-24-11-12-28-21(24)23-19/h3-13H,2,14H2,1H3,(H,22,25). The third-order valence-electron chi connectivity index (χ3n) is 4.08. The van der Waals surface area contributed by atoms with Crippen molar-refractivity contribution in [2.24, 2.45) is 0 Å². The fraction of sp³-hybridized carbons (Fsp3) is 0.143. The van der Waals surface area contributed by atoms with Crippen LogP contribution >= 0.6 is 11.3 Å². The van der Waals surface area contributed by atoms with Gasteiger partial charge in [0.2, 0.25) is 0 Å². The van der Waals surface area contributed by atoms with Crippen LogP contribution in [0.1, 0.15) is 6.92 Å². The summed E-state index contributed by atoms with van der Waals surface area (Å²) in [7, 11) is 0. The predicted octanol–water partition coefficient (Wildman–Crippen LogP) is 4.48. The van der Waals surface area contributed by atoms with Gasteiger partial charge in [-0.05, 0) is 37.3 Å². The Morgan fingerprint density at radius 3 is 2.61 bits per heavy atom. The average Bonchev–Trinajstić information content (AvgIpc) is 3.30. The smallest absolute Gasteiger partial charge is 0.262 e. The number of hydrogen-bond donors (Lipinski definition) is 1. The van der Waals surface area contributed by atoms with Crippen LogP contribution in [-0.4, -0.2) is 28.5 Å². The van der Waals surface area contributed by atoms with Crippen molar-refractivity contribution in [2.75, 3.05) is 18.5 Å². The zero-order valence-corrected chi connectivity index (χ0v) is 16.1. The summed E-state index contributed by atoms with van der Waals surface area (Å²) in [4.78, 5) is 17.9. The Hall–Kier alpha value is -3.32. The minimum Gasteiger partial charge on any atom is -0.494 e. The number of thiazole rings is 1. The monoisotopic (exact) mass is 393 g/mol. The number of carbonyl (C=O) groups is 1. The Bertz CT molecular complexity index is 1060. The fourth-order valence-corrected chi connectivity index (χ4v) is 3.51. The Morgan fingerprint density at radius 2 is 1.86 bits per heavy atom. The minimum absolute atomic E-state index is 0.0827. The molecule has 4 rings (SSSR count). The SMILES string of the molecule is CCOc1ccc(OCC(=O)Nc2ccccc2-c2cn3ccsc3n2)cc1. The highest BCUT2D eigenvalue weighted by molar-refractivity contribution is 7.15. The molecule has 142 valence electrons. The predicted molar refractivity (Wildman–Crippen MR) is 110 cm³/mol. The summed E-state index contributed by atoms with van der Waals surface area (Å²) in [5.74, 6) is 1.15. The first-order chi connectivity index (χ1) is 13.7. The number of nitrogens with zero attached hydrogens (tertiary/aromatic N) is 2. The van der Waals surface area contributed by atoms with E-state index in [1.807, 2.05) is 65.5 Å². The third kappa shape index (κ3) is 3.99. The Kier molecular flexibility index (Phi) is 5.25. The molecule has 0 atom stereocenters. The summed E-state index contributed by atoms with van der Waals surface area (Å²) >= 11 is 1.57. The first-order valence-electron chi connectivity index (χ1n) is 8.90. The van der Waals surface area contributed by atoms with Crippen molar-refractivity contribution >= 4 is 27.9 Å². The molecule has 0 aliphatic carbocycles. The van der Waals surface area contributed by atoms with Gasteiger partial charge in [-0.1, -0.05) is 18.2 Å². The lowest BCUT2D eigenvalue weighted by Gasteiger charge is -2.11. The number of nitrogens with one attached hydrogen (secondary N) is 1. The summed E-state index contributed by atoms with van der Waals surface area (Å²) < 4.78 is 12.9. The van der Waals surface area contributed by atoms with Crippen LogP contribution in [0.15, 0.2) is 66.3 Å². The maximum Gasteiger partial charge on any atom is 0.262 e. The molecule has 0 radical (unpaired) electrons. The van der Waals surface area contributed by atoms with E-state index in [9.17, 15) is 4.79 Å². The molecule has 0 saturated carbocycles. The zero-order chi connectivity index (χ0) is 19.3. The normalized spacial score (nSPS) is 10.8. The molecule has 1 amide bonds. The minimum atomic E-state index is -0.234. The Labute approximate surface area is 166 Å². The molecule has 6 nitrogen and oxygen atoms in total. The van der Waals surface area contributed by atoms with E-state index in [4.69, 9.17) is 9.47 Å². The molecular formula is C21H19N3O3S. The van der Waals surface area contributed by atoms with E-state index in [2.05, 4.69) is 10.3 Å². The average molecular weight is 393 g/mol. The second-order valence-electron chi connectivity index (χ2n) is 6.01. The van der Waals surface area contributed by atoms with Crippen LogP contribution in [0.3, 0.4) is 0 Å². The highest BCUT2D eigenvalue weighted by atomic mass is 32.1. The van der Waals surface area contributed by atoms with Gasteiger partial charge < -0.3 is 14.8 Å². The van der Waals surface area contributed by atoms with Crippen LogP contribution in [-0.2, 0) is 4.79 Å². The van der Waals surface area contributed by atoms with Gasteiger partial charge in [-0.25, -0.2) is 4.98 Å².